The molecule has 2 unspecified atom stereocenters. The summed E-state index contributed by atoms with van der Waals surface area (Å²) in [7, 11) is 0. The Kier molecular flexibility index (Phi) is 5.54. The first-order chi connectivity index (χ1) is 12.5. The molecule has 1 fully saturated rings. The highest BCUT2D eigenvalue weighted by molar-refractivity contribution is 5.86. The van der Waals surface area contributed by atoms with E-state index in [0.29, 0.717) is 6.54 Å². The van der Waals surface area contributed by atoms with E-state index in [2.05, 4.69) is 22.1 Å². The quantitative estimate of drug-likeness (QED) is 0.856. The van der Waals surface area contributed by atoms with Crippen molar-refractivity contribution in [3.05, 3.63) is 59.8 Å². The van der Waals surface area contributed by atoms with Crippen molar-refractivity contribution in [1.29, 1.82) is 0 Å². The number of aromatic nitrogens is 1. The van der Waals surface area contributed by atoms with E-state index in [1.54, 1.807) is 13.1 Å². The number of anilines is 1. The summed E-state index contributed by atoms with van der Waals surface area (Å²) in [5.74, 6) is 0.720. The molecule has 0 spiro atoms. The number of pyridine rings is 1. The molecular formula is C20H26N4O2. The highest BCUT2D eigenvalue weighted by Gasteiger charge is 2.30. The number of carbonyl (C=O) groups excluding carboxylic acids is 1. The molecule has 1 saturated heterocycles. The fourth-order valence-corrected chi connectivity index (χ4v) is 3.02. The standard InChI is InChI=1S/C20H26N4O2/c1-15-14-24(10-11-26-15)18-9-8-16(12-22-18)13-23-19(25)20(2,21)17-6-4-3-5-7-17/h3-9,12,15H,10-11,13-14,21H2,1-2H3,(H,23,25). The third kappa shape index (κ3) is 4.20. The van der Waals surface area contributed by atoms with Gasteiger partial charge in [-0.05, 0) is 31.0 Å². The lowest BCUT2D eigenvalue weighted by Gasteiger charge is -2.32. The Bertz CT molecular complexity index is 731. The normalized spacial score (nSPS) is 19.7. The maximum atomic E-state index is 12.5. The molecule has 2 heterocycles. The van der Waals surface area contributed by atoms with Gasteiger partial charge in [0, 0.05) is 25.8 Å². The number of benzene rings is 1. The number of morpholine rings is 1. The first-order valence-electron chi connectivity index (χ1n) is 8.91. The molecule has 2 aromatic rings. The highest BCUT2D eigenvalue weighted by atomic mass is 16.5. The fraction of sp³-hybridized carbons (Fsp3) is 0.400. The van der Waals surface area contributed by atoms with Crippen LogP contribution in [0.1, 0.15) is 25.0 Å². The topological polar surface area (TPSA) is 80.5 Å². The van der Waals surface area contributed by atoms with Crippen molar-refractivity contribution in [1.82, 2.24) is 10.3 Å². The van der Waals surface area contributed by atoms with Gasteiger partial charge in [-0.25, -0.2) is 4.98 Å². The van der Waals surface area contributed by atoms with E-state index in [4.69, 9.17) is 10.5 Å². The first-order valence-corrected chi connectivity index (χ1v) is 8.91. The maximum absolute atomic E-state index is 12.5. The molecule has 0 bridgehead atoms. The number of nitrogens with zero attached hydrogens (tertiary/aromatic N) is 2. The second-order valence-electron chi connectivity index (χ2n) is 6.90. The zero-order valence-electron chi connectivity index (χ0n) is 15.3. The molecule has 6 nitrogen and oxygen atoms in total. The molecule has 1 aliphatic heterocycles. The van der Waals surface area contributed by atoms with Crippen molar-refractivity contribution in [3.8, 4) is 0 Å². The maximum Gasteiger partial charge on any atom is 0.244 e. The number of hydrogen-bond acceptors (Lipinski definition) is 5. The van der Waals surface area contributed by atoms with E-state index < -0.39 is 5.54 Å². The number of carbonyl (C=O) groups is 1. The molecule has 2 atom stereocenters. The van der Waals surface area contributed by atoms with Crippen LogP contribution in [0.15, 0.2) is 48.7 Å². The molecule has 0 aliphatic carbocycles. The van der Waals surface area contributed by atoms with E-state index in [1.807, 2.05) is 42.5 Å². The first kappa shape index (κ1) is 18.4. The Morgan fingerprint density at radius 3 is 2.77 bits per heavy atom. The smallest absolute Gasteiger partial charge is 0.244 e. The van der Waals surface area contributed by atoms with Crippen LogP contribution in [0, 0.1) is 0 Å². The summed E-state index contributed by atoms with van der Waals surface area (Å²) < 4.78 is 5.56. The molecule has 0 radical (unpaired) electrons. The van der Waals surface area contributed by atoms with E-state index in [9.17, 15) is 4.79 Å². The van der Waals surface area contributed by atoms with Crippen LogP contribution >= 0.6 is 0 Å². The van der Waals surface area contributed by atoms with Gasteiger partial charge in [0.1, 0.15) is 11.4 Å². The lowest BCUT2D eigenvalue weighted by Crippen LogP contribution is -2.48. The molecule has 1 aromatic heterocycles. The van der Waals surface area contributed by atoms with Crippen LogP contribution in [-0.4, -0.2) is 36.7 Å². The van der Waals surface area contributed by atoms with Crippen LogP contribution in [0.3, 0.4) is 0 Å². The highest BCUT2D eigenvalue weighted by Crippen LogP contribution is 2.18. The Balaban J connectivity index is 1.58. The summed E-state index contributed by atoms with van der Waals surface area (Å²) in [6, 6.07) is 13.3. The van der Waals surface area contributed by atoms with Crippen LogP contribution < -0.4 is 16.0 Å². The van der Waals surface area contributed by atoms with Gasteiger partial charge in [0.15, 0.2) is 0 Å². The zero-order chi connectivity index (χ0) is 18.6. The monoisotopic (exact) mass is 354 g/mol. The molecule has 6 heteroatoms. The third-order valence-corrected chi connectivity index (χ3v) is 4.67. The number of hydrogen-bond donors (Lipinski definition) is 2. The van der Waals surface area contributed by atoms with Gasteiger partial charge in [0.05, 0.1) is 12.7 Å². The number of rotatable bonds is 5. The molecule has 138 valence electrons. The summed E-state index contributed by atoms with van der Waals surface area (Å²) in [6.07, 6.45) is 2.01. The minimum atomic E-state index is -1.07. The number of ether oxygens (including phenoxy) is 1. The summed E-state index contributed by atoms with van der Waals surface area (Å²) in [4.78, 5) is 19.2. The Morgan fingerprint density at radius 1 is 1.35 bits per heavy atom. The van der Waals surface area contributed by atoms with Gasteiger partial charge >= 0.3 is 0 Å². The van der Waals surface area contributed by atoms with Gasteiger partial charge in [-0.15, -0.1) is 0 Å². The van der Waals surface area contributed by atoms with Gasteiger partial charge in [-0.1, -0.05) is 36.4 Å². The Morgan fingerprint density at radius 2 is 2.12 bits per heavy atom. The molecule has 1 aromatic carbocycles. The average Bonchev–Trinajstić information content (AvgIpc) is 2.67. The summed E-state index contributed by atoms with van der Waals surface area (Å²) in [6.45, 7) is 6.58. The summed E-state index contributed by atoms with van der Waals surface area (Å²) in [5.41, 5.74) is 6.89. The third-order valence-electron chi connectivity index (χ3n) is 4.67. The molecule has 3 rings (SSSR count). The van der Waals surface area contributed by atoms with E-state index >= 15 is 0 Å². The van der Waals surface area contributed by atoms with Crippen molar-refractivity contribution >= 4 is 11.7 Å². The predicted octanol–water partition coefficient (Wildman–Crippen LogP) is 1.80. The van der Waals surface area contributed by atoms with Crippen LogP contribution in [0.4, 0.5) is 5.82 Å². The second-order valence-corrected chi connectivity index (χ2v) is 6.90. The van der Waals surface area contributed by atoms with Crippen LogP contribution in [0.25, 0.3) is 0 Å². The van der Waals surface area contributed by atoms with Crippen LogP contribution in [-0.2, 0) is 21.6 Å². The summed E-state index contributed by atoms with van der Waals surface area (Å²) in [5, 5.41) is 2.91. The average molecular weight is 354 g/mol. The molecule has 1 aliphatic rings. The van der Waals surface area contributed by atoms with Crippen molar-refractivity contribution in [3.63, 3.8) is 0 Å². The van der Waals surface area contributed by atoms with E-state index in [-0.39, 0.29) is 12.0 Å². The molecule has 26 heavy (non-hydrogen) atoms. The largest absolute Gasteiger partial charge is 0.375 e. The van der Waals surface area contributed by atoms with E-state index in [0.717, 1.165) is 36.6 Å². The van der Waals surface area contributed by atoms with Gasteiger partial charge in [0.25, 0.3) is 0 Å². The second kappa shape index (κ2) is 7.85. The van der Waals surface area contributed by atoms with Crippen LogP contribution in [0.2, 0.25) is 0 Å². The molecule has 0 saturated carbocycles. The Labute approximate surface area is 154 Å². The van der Waals surface area contributed by atoms with Crippen molar-refractivity contribution in [2.45, 2.75) is 32.0 Å². The molecule has 3 N–H and O–H groups in total. The van der Waals surface area contributed by atoms with Gasteiger partial charge < -0.3 is 20.7 Å². The number of amides is 1. The van der Waals surface area contributed by atoms with Gasteiger partial charge in [0.2, 0.25) is 5.91 Å². The minimum Gasteiger partial charge on any atom is -0.375 e. The SMILES string of the molecule is CC1CN(c2ccc(CNC(=O)C(C)(N)c3ccccc3)cn2)CCO1. The minimum absolute atomic E-state index is 0.213. The van der Waals surface area contributed by atoms with Gasteiger partial charge in [-0.3, -0.25) is 4.79 Å². The zero-order valence-corrected chi connectivity index (χ0v) is 15.3. The van der Waals surface area contributed by atoms with Crippen molar-refractivity contribution in [2.75, 3.05) is 24.6 Å². The van der Waals surface area contributed by atoms with Crippen molar-refractivity contribution < 1.29 is 9.53 Å². The van der Waals surface area contributed by atoms with Crippen molar-refractivity contribution in [2.24, 2.45) is 5.73 Å². The number of nitrogens with two attached hydrogens (primary N) is 1. The van der Waals surface area contributed by atoms with Gasteiger partial charge in [-0.2, -0.15) is 0 Å². The fourth-order valence-electron chi connectivity index (χ4n) is 3.02. The lowest BCUT2D eigenvalue weighted by molar-refractivity contribution is -0.126. The van der Waals surface area contributed by atoms with E-state index in [1.165, 1.54) is 0 Å². The number of nitrogens with one attached hydrogen (secondary N) is 1. The molecular weight excluding hydrogens is 328 g/mol. The summed E-state index contributed by atoms with van der Waals surface area (Å²) >= 11 is 0. The van der Waals surface area contributed by atoms with Crippen LogP contribution in [0.5, 0.6) is 0 Å². The Hall–Kier alpha value is -2.44. The molecule has 1 amide bonds. The lowest BCUT2D eigenvalue weighted by atomic mass is 9.92. The predicted molar refractivity (Wildman–Crippen MR) is 102 cm³/mol.